The first kappa shape index (κ1) is 31.7. The highest BCUT2D eigenvalue weighted by molar-refractivity contribution is 7.92. The number of sulfonamides is 1. The maximum atomic E-state index is 13.8. The first-order valence-corrected chi connectivity index (χ1v) is 15.8. The third-order valence-electron chi connectivity index (χ3n) is 6.21. The third-order valence-corrected chi connectivity index (χ3v) is 8.38. The van der Waals surface area contributed by atoms with Gasteiger partial charge in [0.1, 0.15) is 6.04 Å². The number of amides is 2. The molecule has 0 fully saturated rings. The quantitative estimate of drug-likeness (QED) is 0.254. The van der Waals surface area contributed by atoms with Gasteiger partial charge in [-0.15, -0.1) is 0 Å². The van der Waals surface area contributed by atoms with Crippen molar-refractivity contribution in [1.82, 2.24) is 10.2 Å². The molecule has 0 saturated heterocycles. The summed E-state index contributed by atoms with van der Waals surface area (Å²) in [4.78, 5) is 28.6. The minimum atomic E-state index is -3.63. The van der Waals surface area contributed by atoms with Crippen molar-refractivity contribution in [3.8, 4) is 0 Å². The third kappa shape index (κ3) is 9.13. The molecule has 3 aromatic rings. The fourth-order valence-corrected chi connectivity index (χ4v) is 5.78. The van der Waals surface area contributed by atoms with Crippen LogP contribution in [0.1, 0.15) is 30.9 Å². The Morgan fingerprint density at radius 1 is 0.900 bits per heavy atom. The van der Waals surface area contributed by atoms with Crippen LogP contribution in [0, 0.1) is 0 Å². The van der Waals surface area contributed by atoms with E-state index in [-0.39, 0.29) is 37.7 Å². The topological polar surface area (TPSA) is 86.8 Å². The Balaban J connectivity index is 1.88. The zero-order chi connectivity index (χ0) is 29.3. The first-order valence-electron chi connectivity index (χ1n) is 12.8. The molecule has 0 aliphatic carbocycles. The van der Waals surface area contributed by atoms with Gasteiger partial charge in [-0.1, -0.05) is 77.3 Å². The highest BCUT2D eigenvalue weighted by Gasteiger charge is 2.30. The van der Waals surface area contributed by atoms with Crippen molar-refractivity contribution in [2.45, 2.75) is 38.8 Å². The summed E-state index contributed by atoms with van der Waals surface area (Å²) >= 11 is 18.4. The van der Waals surface area contributed by atoms with E-state index in [1.54, 1.807) is 42.5 Å². The molecule has 0 heterocycles. The molecule has 3 rings (SSSR count). The smallest absolute Gasteiger partial charge is 0.243 e. The molecule has 0 aromatic heterocycles. The highest BCUT2D eigenvalue weighted by Crippen LogP contribution is 2.25. The monoisotopic (exact) mass is 623 g/mol. The van der Waals surface area contributed by atoms with Gasteiger partial charge in [0.2, 0.25) is 21.8 Å². The molecule has 1 N–H and O–H groups in total. The molecule has 0 aliphatic rings. The van der Waals surface area contributed by atoms with Gasteiger partial charge < -0.3 is 10.2 Å². The molecule has 214 valence electrons. The van der Waals surface area contributed by atoms with Crippen LogP contribution in [0.4, 0.5) is 5.69 Å². The first-order chi connectivity index (χ1) is 19.0. The van der Waals surface area contributed by atoms with E-state index in [0.717, 1.165) is 11.8 Å². The molecule has 2 amide bonds. The standard InChI is InChI=1S/C29H32Cl3N3O4S/c1-3-33-29(37)27(18-21-9-5-4-6-10-21)34(20-22-14-15-25(31)26(32)17-22)28(36)13-8-16-35(40(2,38)39)24-12-7-11-23(30)19-24/h4-7,9-12,14-15,17,19,27H,3,8,13,16,18,20H2,1-2H3,(H,33,37)/t27-/m1/s1. The summed E-state index contributed by atoms with van der Waals surface area (Å²) in [5, 5.41) is 3.98. The Morgan fingerprint density at radius 2 is 1.62 bits per heavy atom. The minimum absolute atomic E-state index is 0.0125. The summed E-state index contributed by atoms with van der Waals surface area (Å²) in [7, 11) is -3.63. The molecule has 3 aromatic carbocycles. The second-order valence-corrected chi connectivity index (χ2v) is 12.4. The number of hydrogen-bond acceptors (Lipinski definition) is 4. The summed E-state index contributed by atoms with van der Waals surface area (Å²) in [6, 6.07) is 20.3. The summed E-state index contributed by atoms with van der Waals surface area (Å²) in [6.45, 7) is 2.41. The number of anilines is 1. The van der Waals surface area contributed by atoms with Crippen molar-refractivity contribution in [1.29, 1.82) is 0 Å². The Kier molecular flexibility index (Phi) is 11.7. The lowest BCUT2D eigenvalue weighted by Crippen LogP contribution is -2.50. The molecule has 0 radical (unpaired) electrons. The maximum absolute atomic E-state index is 13.8. The van der Waals surface area contributed by atoms with Crippen LogP contribution in [-0.4, -0.2) is 50.5 Å². The minimum Gasteiger partial charge on any atom is -0.355 e. The summed E-state index contributed by atoms with van der Waals surface area (Å²) in [5.74, 6) is -0.575. The van der Waals surface area contributed by atoms with Crippen LogP contribution in [0.5, 0.6) is 0 Å². The lowest BCUT2D eigenvalue weighted by Gasteiger charge is -2.32. The van der Waals surface area contributed by atoms with Crippen LogP contribution >= 0.6 is 34.8 Å². The highest BCUT2D eigenvalue weighted by atomic mass is 35.5. The predicted molar refractivity (Wildman–Crippen MR) is 163 cm³/mol. The Morgan fingerprint density at radius 3 is 2.25 bits per heavy atom. The van der Waals surface area contributed by atoms with Gasteiger partial charge >= 0.3 is 0 Å². The lowest BCUT2D eigenvalue weighted by atomic mass is 10.0. The van der Waals surface area contributed by atoms with Crippen LogP contribution in [0.2, 0.25) is 15.1 Å². The van der Waals surface area contributed by atoms with Crippen molar-refractivity contribution in [3.05, 3.63) is 99.0 Å². The number of carbonyl (C=O) groups excluding carboxylic acids is 2. The van der Waals surface area contributed by atoms with Gasteiger partial charge in [-0.3, -0.25) is 13.9 Å². The van der Waals surface area contributed by atoms with Gasteiger partial charge in [0.05, 0.1) is 22.0 Å². The molecule has 7 nitrogen and oxygen atoms in total. The molecule has 0 unspecified atom stereocenters. The number of nitrogens with one attached hydrogen (secondary N) is 1. The number of halogens is 3. The second-order valence-electron chi connectivity index (χ2n) is 9.29. The Bertz CT molecular complexity index is 1420. The maximum Gasteiger partial charge on any atom is 0.243 e. The zero-order valence-corrected chi connectivity index (χ0v) is 25.4. The Labute approximate surface area is 251 Å². The molecular formula is C29H32Cl3N3O4S. The van der Waals surface area contributed by atoms with Gasteiger partial charge in [-0.05, 0) is 54.8 Å². The summed E-state index contributed by atoms with van der Waals surface area (Å²) in [5.41, 5.74) is 2.02. The Hall–Kier alpha value is -2.78. The van der Waals surface area contributed by atoms with E-state index in [0.29, 0.717) is 39.3 Å². The molecule has 0 aliphatic heterocycles. The van der Waals surface area contributed by atoms with Gasteiger partial charge in [0.25, 0.3) is 0 Å². The molecule has 0 saturated carbocycles. The van der Waals surface area contributed by atoms with Crippen molar-refractivity contribution < 1.29 is 18.0 Å². The SMILES string of the molecule is CCNC(=O)[C@@H](Cc1ccccc1)N(Cc1ccc(Cl)c(Cl)c1)C(=O)CCCN(c1cccc(Cl)c1)S(C)(=O)=O. The fourth-order valence-electron chi connectivity index (χ4n) is 4.32. The van der Waals surface area contributed by atoms with E-state index in [1.807, 2.05) is 37.3 Å². The van der Waals surface area contributed by atoms with Crippen molar-refractivity contribution in [3.63, 3.8) is 0 Å². The molecule has 11 heteroatoms. The molecular weight excluding hydrogens is 593 g/mol. The number of nitrogens with zero attached hydrogens (tertiary/aromatic N) is 2. The average Bonchev–Trinajstić information content (AvgIpc) is 2.90. The van der Waals surface area contributed by atoms with Crippen LogP contribution in [-0.2, 0) is 32.6 Å². The summed E-state index contributed by atoms with van der Waals surface area (Å²) in [6.07, 6.45) is 1.65. The lowest BCUT2D eigenvalue weighted by molar-refractivity contribution is -0.141. The van der Waals surface area contributed by atoms with Gasteiger partial charge in [0.15, 0.2) is 0 Å². The van der Waals surface area contributed by atoms with E-state index in [1.165, 1.54) is 9.21 Å². The van der Waals surface area contributed by atoms with Gasteiger partial charge in [-0.25, -0.2) is 8.42 Å². The van der Waals surface area contributed by atoms with Crippen molar-refractivity contribution in [2.24, 2.45) is 0 Å². The largest absolute Gasteiger partial charge is 0.355 e. The van der Waals surface area contributed by atoms with Crippen LogP contribution in [0.25, 0.3) is 0 Å². The second kappa shape index (κ2) is 14.7. The van der Waals surface area contributed by atoms with Crippen LogP contribution in [0.3, 0.4) is 0 Å². The molecule has 1 atom stereocenters. The molecule has 0 bridgehead atoms. The number of carbonyl (C=O) groups is 2. The number of rotatable bonds is 13. The fraction of sp³-hybridized carbons (Fsp3) is 0.310. The number of likely N-dealkylation sites (N-methyl/N-ethyl adjacent to an activating group) is 1. The predicted octanol–water partition coefficient (Wildman–Crippen LogP) is 5.97. The van der Waals surface area contributed by atoms with Crippen molar-refractivity contribution in [2.75, 3.05) is 23.7 Å². The van der Waals surface area contributed by atoms with E-state index in [9.17, 15) is 18.0 Å². The molecule has 40 heavy (non-hydrogen) atoms. The van der Waals surface area contributed by atoms with E-state index >= 15 is 0 Å². The van der Waals surface area contributed by atoms with E-state index in [2.05, 4.69) is 5.32 Å². The average molecular weight is 625 g/mol. The normalized spacial score (nSPS) is 12.0. The van der Waals surface area contributed by atoms with E-state index < -0.39 is 16.1 Å². The summed E-state index contributed by atoms with van der Waals surface area (Å²) < 4.78 is 26.3. The number of benzene rings is 3. The van der Waals surface area contributed by atoms with Gasteiger partial charge in [-0.2, -0.15) is 0 Å². The van der Waals surface area contributed by atoms with Crippen molar-refractivity contribution >= 4 is 62.3 Å². The molecule has 0 spiro atoms. The zero-order valence-electron chi connectivity index (χ0n) is 22.3. The van der Waals surface area contributed by atoms with E-state index in [4.69, 9.17) is 34.8 Å². The van der Waals surface area contributed by atoms with Gasteiger partial charge in [0, 0.05) is 37.5 Å². The van der Waals surface area contributed by atoms with Crippen LogP contribution in [0.15, 0.2) is 72.8 Å². The van der Waals surface area contributed by atoms with Crippen LogP contribution < -0.4 is 9.62 Å². The number of hydrogen-bond donors (Lipinski definition) is 1.